The van der Waals surface area contributed by atoms with Gasteiger partial charge < -0.3 is 10.3 Å². The zero-order chi connectivity index (χ0) is 12.1. The highest BCUT2D eigenvalue weighted by Crippen LogP contribution is 2.46. The quantitative estimate of drug-likeness (QED) is 0.815. The fraction of sp³-hybridized carbons (Fsp3) is 0.800. The number of sulfone groups is 1. The van der Waals surface area contributed by atoms with E-state index in [2.05, 4.69) is 10.1 Å². The van der Waals surface area contributed by atoms with Crippen molar-refractivity contribution < 1.29 is 12.9 Å². The average Bonchev–Trinajstić information content (AvgIpc) is 2.77. The minimum absolute atomic E-state index is 0.105. The third-order valence-electron chi connectivity index (χ3n) is 3.74. The number of hydrogen-bond donors (Lipinski definition) is 1. The molecule has 2 fully saturated rings. The number of rotatable bonds is 3. The summed E-state index contributed by atoms with van der Waals surface area (Å²) >= 11 is 0. The Morgan fingerprint density at radius 2 is 2.24 bits per heavy atom. The summed E-state index contributed by atoms with van der Waals surface area (Å²) in [5, 5.41) is 3.91. The molecule has 94 valence electrons. The van der Waals surface area contributed by atoms with Gasteiger partial charge in [0.05, 0.1) is 16.9 Å². The summed E-state index contributed by atoms with van der Waals surface area (Å²) in [6.45, 7) is 0.512. The molecule has 1 aliphatic carbocycles. The predicted octanol–water partition coefficient (Wildman–Crippen LogP) is -0.0380. The molecule has 3 rings (SSSR count). The highest BCUT2D eigenvalue weighted by atomic mass is 32.2. The predicted molar refractivity (Wildman–Crippen MR) is 60.3 cm³/mol. The molecule has 1 saturated carbocycles. The lowest BCUT2D eigenvalue weighted by Gasteiger charge is -2.04. The van der Waals surface area contributed by atoms with Crippen LogP contribution in [-0.2, 0) is 15.3 Å². The molecule has 1 saturated heterocycles. The maximum absolute atomic E-state index is 11.4. The molecule has 0 radical (unpaired) electrons. The molecule has 1 aromatic rings. The Kier molecular flexibility index (Phi) is 2.31. The minimum Gasteiger partial charge on any atom is -0.339 e. The largest absolute Gasteiger partial charge is 0.339 e. The van der Waals surface area contributed by atoms with Gasteiger partial charge in [-0.2, -0.15) is 4.98 Å². The Balaban J connectivity index is 1.82. The Labute approximate surface area is 99.5 Å². The van der Waals surface area contributed by atoms with Crippen LogP contribution in [0.4, 0.5) is 0 Å². The Bertz CT molecular complexity index is 533. The van der Waals surface area contributed by atoms with E-state index in [1.54, 1.807) is 0 Å². The van der Waals surface area contributed by atoms with E-state index in [1.165, 1.54) is 0 Å². The minimum atomic E-state index is -2.91. The van der Waals surface area contributed by atoms with Gasteiger partial charge in [0.25, 0.3) is 0 Å². The van der Waals surface area contributed by atoms with E-state index < -0.39 is 9.84 Å². The smallest absolute Gasteiger partial charge is 0.234 e. The maximum Gasteiger partial charge on any atom is 0.234 e. The molecule has 0 bridgehead atoms. The second kappa shape index (κ2) is 3.52. The first-order chi connectivity index (χ1) is 8.05. The van der Waals surface area contributed by atoms with Crippen molar-refractivity contribution in [3.8, 4) is 0 Å². The highest BCUT2D eigenvalue weighted by molar-refractivity contribution is 7.91. The summed E-state index contributed by atoms with van der Waals surface area (Å²) in [4.78, 5) is 4.34. The topological polar surface area (TPSA) is 99.1 Å². The standard InChI is InChI=1S/C10H15N3O3S/c11-6-10(2-3-10)9-12-8(13-16-9)7-1-4-17(14,15)5-7/h7H,1-6,11H2. The van der Waals surface area contributed by atoms with Gasteiger partial charge in [-0.3, -0.25) is 0 Å². The summed E-state index contributed by atoms with van der Waals surface area (Å²) in [5.74, 6) is 1.37. The molecule has 2 aliphatic rings. The molecule has 6 nitrogen and oxygen atoms in total. The Morgan fingerprint density at radius 1 is 1.47 bits per heavy atom. The van der Waals surface area contributed by atoms with Crippen LogP contribution in [0.25, 0.3) is 0 Å². The van der Waals surface area contributed by atoms with Crippen LogP contribution < -0.4 is 5.73 Å². The molecule has 17 heavy (non-hydrogen) atoms. The van der Waals surface area contributed by atoms with E-state index >= 15 is 0 Å². The molecule has 7 heteroatoms. The summed E-state index contributed by atoms with van der Waals surface area (Å²) in [6, 6.07) is 0. The van der Waals surface area contributed by atoms with Gasteiger partial charge in [0, 0.05) is 12.5 Å². The van der Waals surface area contributed by atoms with Crippen molar-refractivity contribution >= 4 is 9.84 Å². The van der Waals surface area contributed by atoms with E-state index in [1.807, 2.05) is 0 Å². The summed E-state index contributed by atoms with van der Waals surface area (Å²) in [6.07, 6.45) is 2.55. The van der Waals surface area contributed by atoms with Crippen molar-refractivity contribution in [2.45, 2.75) is 30.6 Å². The van der Waals surface area contributed by atoms with Crippen LogP contribution in [0.1, 0.15) is 36.9 Å². The highest BCUT2D eigenvalue weighted by Gasteiger charge is 2.48. The molecule has 1 atom stereocenters. The number of hydrogen-bond acceptors (Lipinski definition) is 6. The second-order valence-corrected chi connectivity index (χ2v) is 7.27. The van der Waals surface area contributed by atoms with Crippen molar-refractivity contribution in [2.24, 2.45) is 5.73 Å². The molecule has 1 aromatic heterocycles. The molecular formula is C10H15N3O3S. The zero-order valence-electron chi connectivity index (χ0n) is 9.42. The first-order valence-electron chi connectivity index (χ1n) is 5.79. The van der Waals surface area contributed by atoms with Gasteiger partial charge in [-0.1, -0.05) is 5.16 Å². The fourth-order valence-electron chi connectivity index (χ4n) is 2.27. The van der Waals surface area contributed by atoms with Gasteiger partial charge in [0.15, 0.2) is 15.7 Å². The summed E-state index contributed by atoms with van der Waals surface area (Å²) in [7, 11) is -2.91. The van der Waals surface area contributed by atoms with Crippen molar-refractivity contribution in [2.75, 3.05) is 18.1 Å². The molecule has 1 unspecified atom stereocenters. The number of nitrogens with zero attached hydrogens (tertiary/aromatic N) is 2. The normalized spacial score (nSPS) is 29.4. The monoisotopic (exact) mass is 257 g/mol. The van der Waals surface area contributed by atoms with Gasteiger partial charge in [-0.15, -0.1) is 0 Å². The molecule has 0 amide bonds. The van der Waals surface area contributed by atoms with Crippen LogP contribution in [0, 0.1) is 0 Å². The summed E-state index contributed by atoms with van der Waals surface area (Å²) < 4.78 is 28.0. The molecule has 1 aliphatic heterocycles. The van der Waals surface area contributed by atoms with E-state index in [0.29, 0.717) is 24.7 Å². The first kappa shape index (κ1) is 11.2. The SMILES string of the molecule is NCC1(c2nc(C3CCS(=O)(=O)C3)no2)CC1. The molecule has 0 aromatic carbocycles. The van der Waals surface area contributed by atoms with Crippen LogP contribution >= 0.6 is 0 Å². The summed E-state index contributed by atoms with van der Waals surface area (Å²) in [5.41, 5.74) is 5.56. The van der Waals surface area contributed by atoms with Crippen LogP contribution in [0.15, 0.2) is 4.52 Å². The van der Waals surface area contributed by atoms with E-state index in [4.69, 9.17) is 10.3 Å². The van der Waals surface area contributed by atoms with Crippen molar-refractivity contribution in [1.29, 1.82) is 0 Å². The lowest BCUT2D eigenvalue weighted by Crippen LogP contribution is -2.20. The van der Waals surface area contributed by atoms with Gasteiger partial charge in [0.2, 0.25) is 5.89 Å². The van der Waals surface area contributed by atoms with Gasteiger partial charge in [0.1, 0.15) is 0 Å². The van der Waals surface area contributed by atoms with E-state index in [-0.39, 0.29) is 22.8 Å². The lowest BCUT2D eigenvalue weighted by molar-refractivity contribution is 0.342. The van der Waals surface area contributed by atoms with Crippen LogP contribution in [0.3, 0.4) is 0 Å². The number of nitrogens with two attached hydrogens (primary N) is 1. The van der Waals surface area contributed by atoms with Crippen molar-refractivity contribution in [3.63, 3.8) is 0 Å². The molecule has 2 heterocycles. The number of aromatic nitrogens is 2. The third-order valence-corrected chi connectivity index (χ3v) is 5.51. The van der Waals surface area contributed by atoms with E-state index in [9.17, 15) is 8.42 Å². The second-order valence-electron chi connectivity index (χ2n) is 5.04. The third kappa shape index (κ3) is 1.87. The Morgan fingerprint density at radius 3 is 2.76 bits per heavy atom. The Hall–Kier alpha value is -0.950. The fourth-order valence-corrected chi connectivity index (χ4v) is 4.01. The molecule has 0 spiro atoms. The van der Waals surface area contributed by atoms with Gasteiger partial charge >= 0.3 is 0 Å². The first-order valence-corrected chi connectivity index (χ1v) is 7.61. The van der Waals surface area contributed by atoms with Crippen molar-refractivity contribution in [1.82, 2.24) is 10.1 Å². The lowest BCUT2D eigenvalue weighted by atomic mass is 10.1. The van der Waals surface area contributed by atoms with Crippen LogP contribution in [-0.4, -0.2) is 36.6 Å². The van der Waals surface area contributed by atoms with Gasteiger partial charge in [-0.25, -0.2) is 8.42 Å². The molecule has 2 N–H and O–H groups in total. The molecular weight excluding hydrogens is 242 g/mol. The van der Waals surface area contributed by atoms with Crippen molar-refractivity contribution in [3.05, 3.63) is 11.7 Å². The van der Waals surface area contributed by atoms with Crippen LogP contribution in [0.5, 0.6) is 0 Å². The average molecular weight is 257 g/mol. The van der Waals surface area contributed by atoms with Gasteiger partial charge in [-0.05, 0) is 19.3 Å². The van der Waals surface area contributed by atoms with Crippen LogP contribution in [0.2, 0.25) is 0 Å². The zero-order valence-corrected chi connectivity index (χ0v) is 10.2. The van der Waals surface area contributed by atoms with E-state index in [0.717, 1.165) is 12.8 Å². The maximum atomic E-state index is 11.4.